The molecule has 0 bridgehead atoms. The van der Waals surface area contributed by atoms with Gasteiger partial charge in [0.2, 0.25) is 12.7 Å². The van der Waals surface area contributed by atoms with Crippen LogP contribution in [0.1, 0.15) is 38.4 Å². The lowest BCUT2D eigenvalue weighted by Crippen LogP contribution is -2.27. The summed E-state index contributed by atoms with van der Waals surface area (Å²) in [5, 5.41) is 10.3. The van der Waals surface area contributed by atoms with E-state index in [1.54, 1.807) is 32.0 Å². The molecule has 1 aliphatic heterocycles. The van der Waals surface area contributed by atoms with Crippen molar-refractivity contribution in [1.29, 1.82) is 0 Å². The van der Waals surface area contributed by atoms with E-state index < -0.39 is 19.2 Å². The number of hydroxylamine groups is 2. The smallest absolute Gasteiger partial charge is 0.338 e. The van der Waals surface area contributed by atoms with Crippen LogP contribution in [0.4, 0.5) is 0 Å². The van der Waals surface area contributed by atoms with Crippen molar-refractivity contribution in [1.82, 2.24) is 5.06 Å². The van der Waals surface area contributed by atoms with Crippen LogP contribution in [0.25, 0.3) is 0 Å². The normalized spacial score (nSPS) is 14.4. The van der Waals surface area contributed by atoms with Gasteiger partial charge in [-0.2, -0.15) is 0 Å². The Kier molecular flexibility index (Phi) is 6.84. The summed E-state index contributed by atoms with van der Waals surface area (Å²) in [4.78, 5) is 11.3. The fourth-order valence-electron chi connectivity index (χ4n) is 2.61. The van der Waals surface area contributed by atoms with E-state index in [0.717, 1.165) is 0 Å². The molecule has 0 saturated carbocycles. The first-order chi connectivity index (χ1) is 11.9. The van der Waals surface area contributed by atoms with E-state index in [2.05, 4.69) is 0 Å². The summed E-state index contributed by atoms with van der Waals surface area (Å²) >= 11 is 0. The number of nitrogens with zero attached hydrogens (tertiary/aromatic N) is 1. The van der Waals surface area contributed by atoms with Crippen molar-refractivity contribution in [3.05, 3.63) is 23.8 Å². The highest BCUT2D eigenvalue weighted by molar-refractivity contribution is 7.54. The first kappa shape index (κ1) is 19.7. The van der Waals surface area contributed by atoms with E-state index in [0.29, 0.717) is 22.1 Å². The number of benzene rings is 1. The summed E-state index contributed by atoms with van der Waals surface area (Å²) in [6.07, 6.45) is 0.201. The zero-order chi connectivity index (χ0) is 18.4. The van der Waals surface area contributed by atoms with Gasteiger partial charge in [0, 0.05) is 13.5 Å². The van der Waals surface area contributed by atoms with Crippen LogP contribution in [-0.4, -0.2) is 42.7 Å². The molecular weight excluding hydrogens is 349 g/mol. The Balaban J connectivity index is 2.33. The number of hydrogen-bond donors (Lipinski definition) is 1. The van der Waals surface area contributed by atoms with Gasteiger partial charge >= 0.3 is 7.60 Å². The van der Waals surface area contributed by atoms with Crippen LogP contribution >= 0.6 is 7.60 Å². The van der Waals surface area contributed by atoms with E-state index in [1.165, 1.54) is 6.92 Å². The third kappa shape index (κ3) is 4.73. The summed E-state index contributed by atoms with van der Waals surface area (Å²) in [5.41, 5.74) is 0.0161. The third-order valence-corrected chi connectivity index (χ3v) is 6.31. The highest BCUT2D eigenvalue weighted by Crippen LogP contribution is 2.62. The van der Waals surface area contributed by atoms with E-state index >= 15 is 0 Å². The SMILES string of the molecule is CCOP(=O)(OCC)C(CCN(O)C(C)=O)c1ccc2c(c1)OCO2. The Hall–Kier alpha value is -1.60. The minimum absolute atomic E-state index is 0.00141. The van der Waals surface area contributed by atoms with Crippen molar-refractivity contribution < 1.29 is 33.1 Å². The molecule has 0 saturated heterocycles. The molecule has 1 atom stereocenters. The Morgan fingerprint density at radius 2 is 1.92 bits per heavy atom. The molecule has 0 spiro atoms. The summed E-state index contributed by atoms with van der Waals surface area (Å²) < 4.78 is 34.9. The van der Waals surface area contributed by atoms with Crippen LogP contribution in [0, 0.1) is 0 Å². The third-order valence-electron chi connectivity index (χ3n) is 3.76. The number of carbonyl (C=O) groups is 1. The first-order valence-corrected chi connectivity index (χ1v) is 9.77. The molecule has 25 heavy (non-hydrogen) atoms. The Morgan fingerprint density at radius 3 is 2.52 bits per heavy atom. The standard InChI is InChI=1S/C16H24NO7P/c1-4-23-25(20,24-5-2)16(8-9-17(19)12(3)18)13-6-7-14-15(10-13)22-11-21-14/h6-7,10,16,19H,4-5,8-9,11H2,1-3H3. The fraction of sp³-hybridized carbons (Fsp3) is 0.562. The maximum Gasteiger partial charge on any atom is 0.338 e. The topological polar surface area (TPSA) is 94.5 Å². The van der Waals surface area contributed by atoms with Crippen molar-refractivity contribution in [3.8, 4) is 11.5 Å². The van der Waals surface area contributed by atoms with E-state index in [1.807, 2.05) is 0 Å². The van der Waals surface area contributed by atoms with Crippen molar-refractivity contribution in [2.45, 2.75) is 32.9 Å². The molecule has 1 aliphatic rings. The van der Waals surface area contributed by atoms with Gasteiger partial charge in [0.05, 0.1) is 18.9 Å². The second kappa shape index (κ2) is 8.67. The largest absolute Gasteiger partial charge is 0.454 e. The minimum atomic E-state index is -3.51. The van der Waals surface area contributed by atoms with Crippen LogP contribution in [0.3, 0.4) is 0 Å². The van der Waals surface area contributed by atoms with E-state index in [-0.39, 0.29) is 33.0 Å². The molecule has 1 N–H and O–H groups in total. The highest BCUT2D eigenvalue weighted by Gasteiger charge is 2.37. The second-order valence-corrected chi connectivity index (χ2v) is 7.65. The average molecular weight is 373 g/mol. The van der Waals surface area contributed by atoms with Crippen molar-refractivity contribution in [3.63, 3.8) is 0 Å². The number of rotatable bonds is 9. The lowest BCUT2D eigenvalue weighted by atomic mass is 10.1. The first-order valence-electron chi connectivity index (χ1n) is 8.16. The summed E-state index contributed by atoms with van der Waals surface area (Å²) in [6.45, 7) is 5.28. The van der Waals surface area contributed by atoms with Gasteiger partial charge in [-0.15, -0.1) is 0 Å². The van der Waals surface area contributed by atoms with Crippen LogP contribution in [0.15, 0.2) is 18.2 Å². The van der Waals surface area contributed by atoms with E-state index in [4.69, 9.17) is 18.5 Å². The maximum atomic E-state index is 13.3. The Labute approximate surface area is 147 Å². The van der Waals surface area contributed by atoms with E-state index in [9.17, 15) is 14.6 Å². The predicted octanol–water partition coefficient (Wildman–Crippen LogP) is 3.35. The van der Waals surface area contributed by atoms with Crippen molar-refractivity contribution >= 4 is 13.5 Å². The van der Waals surface area contributed by atoms with Gasteiger partial charge in [-0.25, -0.2) is 5.06 Å². The molecule has 0 aliphatic carbocycles. The molecule has 9 heteroatoms. The lowest BCUT2D eigenvalue weighted by molar-refractivity contribution is -0.162. The van der Waals surface area contributed by atoms with Gasteiger partial charge < -0.3 is 18.5 Å². The quantitative estimate of drug-likeness (QED) is 0.403. The highest BCUT2D eigenvalue weighted by atomic mass is 31.2. The second-order valence-electron chi connectivity index (χ2n) is 5.43. The number of hydrogen-bond acceptors (Lipinski definition) is 7. The minimum Gasteiger partial charge on any atom is -0.454 e. The molecule has 1 amide bonds. The molecule has 1 aromatic rings. The Morgan fingerprint density at radius 1 is 1.28 bits per heavy atom. The van der Waals surface area contributed by atoms with Crippen LogP contribution in [0.2, 0.25) is 0 Å². The summed E-state index contributed by atoms with van der Waals surface area (Å²) in [5.74, 6) is 0.666. The zero-order valence-corrected chi connectivity index (χ0v) is 15.5. The van der Waals surface area contributed by atoms with Crippen LogP contribution < -0.4 is 9.47 Å². The molecule has 1 aromatic carbocycles. The molecule has 0 fully saturated rings. The van der Waals surface area contributed by atoms with Crippen molar-refractivity contribution in [2.24, 2.45) is 0 Å². The molecule has 8 nitrogen and oxygen atoms in total. The number of ether oxygens (including phenoxy) is 2. The van der Waals surface area contributed by atoms with Gasteiger partial charge in [-0.1, -0.05) is 6.07 Å². The number of carbonyl (C=O) groups excluding carboxylic acids is 1. The fourth-order valence-corrected chi connectivity index (χ4v) is 4.72. The van der Waals surface area contributed by atoms with Gasteiger partial charge in [0.1, 0.15) is 0 Å². The molecule has 0 radical (unpaired) electrons. The molecular formula is C16H24NO7P. The molecule has 2 rings (SSSR count). The number of amides is 1. The van der Waals surface area contributed by atoms with Crippen molar-refractivity contribution in [2.75, 3.05) is 26.6 Å². The molecule has 140 valence electrons. The monoisotopic (exact) mass is 373 g/mol. The van der Waals surface area contributed by atoms with Gasteiger partial charge in [-0.05, 0) is 38.0 Å². The molecule has 0 aromatic heterocycles. The van der Waals surface area contributed by atoms with Gasteiger partial charge in [-0.3, -0.25) is 14.6 Å². The zero-order valence-electron chi connectivity index (χ0n) is 14.6. The van der Waals surface area contributed by atoms with Gasteiger partial charge in [0.15, 0.2) is 11.5 Å². The molecule has 1 heterocycles. The van der Waals surface area contributed by atoms with Crippen LogP contribution in [-0.2, 0) is 18.4 Å². The van der Waals surface area contributed by atoms with Gasteiger partial charge in [0.25, 0.3) is 0 Å². The average Bonchev–Trinajstić information content (AvgIpc) is 3.02. The van der Waals surface area contributed by atoms with Crippen LogP contribution in [0.5, 0.6) is 11.5 Å². The lowest BCUT2D eigenvalue weighted by Gasteiger charge is -2.27. The predicted molar refractivity (Wildman–Crippen MR) is 90.0 cm³/mol. The Bertz CT molecular complexity index is 641. The number of fused-ring (bicyclic) bond motifs is 1. The summed E-state index contributed by atoms with van der Waals surface area (Å²) in [6, 6.07) is 5.22. The maximum absolute atomic E-state index is 13.3. The summed E-state index contributed by atoms with van der Waals surface area (Å²) in [7, 11) is -3.51. The molecule has 1 unspecified atom stereocenters.